The van der Waals surface area contributed by atoms with Crippen LogP contribution in [0.15, 0.2) is 0 Å². The van der Waals surface area contributed by atoms with Crippen LogP contribution in [0.1, 0.15) is 146 Å². The van der Waals surface area contributed by atoms with Crippen LogP contribution in [-0.2, 0) is 0 Å². The molecular weight excluding hydrogens is 336 g/mol. The van der Waals surface area contributed by atoms with Crippen molar-refractivity contribution in [1.29, 1.82) is 0 Å². The Hall–Kier alpha value is 0. The van der Waals surface area contributed by atoms with Gasteiger partial charge in [0.15, 0.2) is 0 Å². The Labute approximate surface area is 181 Å². The maximum atomic E-state index is 2.49. The van der Waals surface area contributed by atoms with Crippen molar-refractivity contribution in [3.63, 3.8) is 0 Å². The van der Waals surface area contributed by atoms with Crippen molar-refractivity contribution >= 4 is 0 Å². The molecule has 0 aliphatic carbocycles. The summed E-state index contributed by atoms with van der Waals surface area (Å²) in [6, 6.07) is 0. The van der Waals surface area contributed by atoms with Crippen LogP contribution in [0.4, 0.5) is 0 Å². The number of rotatable bonds is 15. The Morgan fingerprint density at radius 2 is 0.607 bits per heavy atom. The van der Waals surface area contributed by atoms with Crippen molar-refractivity contribution in [2.24, 2.45) is 34.5 Å². The number of hydrogen-bond donors (Lipinski definition) is 0. The van der Waals surface area contributed by atoms with E-state index in [1.54, 1.807) is 0 Å². The van der Waals surface area contributed by atoms with Gasteiger partial charge in [-0.3, -0.25) is 0 Å². The predicted octanol–water partition coefficient (Wildman–Crippen LogP) is 10.3. The quantitative estimate of drug-likeness (QED) is 0.259. The van der Waals surface area contributed by atoms with Crippen molar-refractivity contribution in [3.8, 4) is 0 Å². The van der Waals surface area contributed by atoms with Gasteiger partial charge in [-0.2, -0.15) is 0 Å². The Morgan fingerprint density at radius 3 is 0.821 bits per heavy atom. The molecule has 0 rings (SSSR count). The van der Waals surface area contributed by atoms with Gasteiger partial charge in [0.25, 0.3) is 0 Å². The van der Waals surface area contributed by atoms with Crippen LogP contribution < -0.4 is 0 Å². The van der Waals surface area contributed by atoms with E-state index in [2.05, 4.69) is 69.2 Å². The summed E-state index contributed by atoms with van der Waals surface area (Å²) in [4.78, 5) is 0. The average molecular weight is 395 g/mol. The van der Waals surface area contributed by atoms with E-state index in [0.29, 0.717) is 10.8 Å². The molecule has 0 N–H and O–H groups in total. The molecule has 0 heteroatoms. The molecule has 4 unspecified atom stereocenters. The molecule has 0 aliphatic heterocycles. The molecule has 0 radical (unpaired) electrons. The van der Waals surface area contributed by atoms with Gasteiger partial charge in [-0.1, -0.05) is 133 Å². The average Bonchev–Trinajstić information content (AvgIpc) is 2.54. The third kappa shape index (κ3) is 19.3. The molecule has 170 valence electrons. The predicted molar refractivity (Wildman–Crippen MR) is 131 cm³/mol. The first-order valence-corrected chi connectivity index (χ1v) is 12.8. The normalized spacial score (nSPS) is 17.4. The summed E-state index contributed by atoms with van der Waals surface area (Å²) in [7, 11) is 0. The molecular formula is C28H58. The number of hydrogen-bond acceptors (Lipinski definition) is 0. The van der Waals surface area contributed by atoms with Crippen LogP contribution in [0.3, 0.4) is 0 Å². The van der Waals surface area contributed by atoms with Crippen LogP contribution >= 0.6 is 0 Å². The van der Waals surface area contributed by atoms with E-state index in [1.165, 1.54) is 77.0 Å². The van der Waals surface area contributed by atoms with Gasteiger partial charge in [0.2, 0.25) is 0 Å². The summed E-state index contributed by atoms with van der Waals surface area (Å²) >= 11 is 0. The maximum absolute atomic E-state index is 2.49. The summed E-state index contributed by atoms with van der Waals surface area (Å²) in [6.07, 6.45) is 17.0. The summed E-state index contributed by atoms with van der Waals surface area (Å²) in [5.74, 6) is 3.65. The van der Waals surface area contributed by atoms with Crippen molar-refractivity contribution in [3.05, 3.63) is 0 Å². The first-order valence-electron chi connectivity index (χ1n) is 12.8. The van der Waals surface area contributed by atoms with E-state index in [1.807, 2.05) is 0 Å². The fourth-order valence-corrected chi connectivity index (χ4v) is 4.25. The van der Waals surface area contributed by atoms with Crippen molar-refractivity contribution in [2.45, 2.75) is 146 Å². The van der Waals surface area contributed by atoms with Gasteiger partial charge in [-0.05, 0) is 47.3 Å². The zero-order valence-electron chi connectivity index (χ0n) is 21.8. The molecule has 0 aliphatic rings. The van der Waals surface area contributed by atoms with Gasteiger partial charge >= 0.3 is 0 Å². The molecule has 0 aromatic rings. The second kappa shape index (κ2) is 14.1. The molecule has 0 heterocycles. The van der Waals surface area contributed by atoms with Gasteiger partial charge in [0, 0.05) is 0 Å². The molecule has 0 aromatic heterocycles. The maximum Gasteiger partial charge on any atom is -0.0383 e. The lowest BCUT2D eigenvalue weighted by Gasteiger charge is -2.21. The highest BCUT2D eigenvalue weighted by Crippen LogP contribution is 2.28. The summed E-state index contributed by atoms with van der Waals surface area (Å²) in [6.45, 7) is 24.1. The van der Waals surface area contributed by atoms with E-state index in [0.717, 1.165) is 23.7 Å². The minimum absolute atomic E-state index is 0.507. The second-order valence-electron chi connectivity index (χ2n) is 13.1. The summed E-state index contributed by atoms with van der Waals surface area (Å²) < 4.78 is 0. The van der Waals surface area contributed by atoms with Gasteiger partial charge < -0.3 is 0 Å². The first-order chi connectivity index (χ1) is 12.8. The van der Waals surface area contributed by atoms with E-state index in [4.69, 9.17) is 0 Å². The van der Waals surface area contributed by atoms with Crippen LogP contribution in [-0.4, -0.2) is 0 Å². The van der Waals surface area contributed by atoms with Crippen LogP contribution in [0.5, 0.6) is 0 Å². The van der Waals surface area contributed by atoms with E-state index in [9.17, 15) is 0 Å². The molecule has 0 saturated carbocycles. The monoisotopic (exact) mass is 394 g/mol. The largest absolute Gasteiger partial charge is 0.0625 e. The fourth-order valence-electron chi connectivity index (χ4n) is 4.25. The Kier molecular flexibility index (Phi) is 14.1. The molecule has 0 fully saturated rings. The zero-order valence-corrected chi connectivity index (χ0v) is 21.8. The molecule has 4 atom stereocenters. The van der Waals surface area contributed by atoms with Crippen LogP contribution in [0.2, 0.25) is 0 Å². The van der Waals surface area contributed by atoms with Gasteiger partial charge in [-0.15, -0.1) is 0 Å². The lowest BCUT2D eigenvalue weighted by Crippen LogP contribution is -2.08. The Bertz CT molecular complexity index is 317. The first kappa shape index (κ1) is 28.0. The van der Waals surface area contributed by atoms with Crippen LogP contribution in [0.25, 0.3) is 0 Å². The highest BCUT2D eigenvalue weighted by Gasteiger charge is 2.14. The van der Waals surface area contributed by atoms with E-state index < -0.39 is 0 Å². The van der Waals surface area contributed by atoms with Gasteiger partial charge in [-0.25, -0.2) is 0 Å². The van der Waals surface area contributed by atoms with Crippen molar-refractivity contribution < 1.29 is 0 Å². The third-order valence-electron chi connectivity index (χ3n) is 6.70. The topological polar surface area (TPSA) is 0 Å². The SMILES string of the molecule is CC(CCCC(C)(C)C)CCC(C)CCC(C)CCC(C)CCCC(C)(C)C. The molecule has 28 heavy (non-hydrogen) atoms. The van der Waals surface area contributed by atoms with Crippen molar-refractivity contribution in [1.82, 2.24) is 0 Å². The molecule has 0 amide bonds. The molecule has 0 spiro atoms. The Morgan fingerprint density at radius 1 is 0.393 bits per heavy atom. The Balaban J connectivity index is 3.75. The standard InChI is InChI=1S/C28H58/c1-23(13-11-21-27(5,6)7)15-17-25(3)19-20-26(4)18-16-24(2)14-12-22-28(8,9)10/h23-26H,11-22H2,1-10H3. The fraction of sp³-hybridized carbons (Fsp3) is 1.00. The lowest BCUT2D eigenvalue weighted by atomic mass is 9.85. The lowest BCUT2D eigenvalue weighted by molar-refractivity contribution is 0.312. The minimum atomic E-state index is 0.507. The highest BCUT2D eigenvalue weighted by atomic mass is 14.2. The summed E-state index contributed by atoms with van der Waals surface area (Å²) in [5.41, 5.74) is 1.01. The smallest absolute Gasteiger partial charge is 0.0383 e. The molecule has 0 saturated heterocycles. The van der Waals surface area contributed by atoms with Gasteiger partial charge in [0.05, 0.1) is 0 Å². The van der Waals surface area contributed by atoms with Crippen LogP contribution in [0, 0.1) is 34.5 Å². The second-order valence-corrected chi connectivity index (χ2v) is 13.1. The summed E-state index contributed by atoms with van der Waals surface area (Å²) in [5, 5.41) is 0. The molecule has 0 nitrogen and oxygen atoms in total. The highest BCUT2D eigenvalue weighted by molar-refractivity contribution is 4.67. The van der Waals surface area contributed by atoms with E-state index in [-0.39, 0.29) is 0 Å². The molecule has 0 bridgehead atoms. The third-order valence-corrected chi connectivity index (χ3v) is 6.70. The van der Waals surface area contributed by atoms with Gasteiger partial charge in [0.1, 0.15) is 0 Å². The molecule has 0 aromatic carbocycles. The zero-order chi connectivity index (χ0) is 21.8. The van der Waals surface area contributed by atoms with Crippen molar-refractivity contribution in [2.75, 3.05) is 0 Å². The van der Waals surface area contributed by atoms with E-state index >= 15 is 0 Å². The minimum Gasteiger partial charge on any atom is -0.0625 e.